The SMILES string of the molecule is O=C(Nc1nnc(S(=O)(=O)NCCSCc2ccccc2F)s1)c1ccc(Cl)cc1. The van der Waals surface area contributed by atoms with E-state index in [1.807, 2.05) is 0 Å². The van der Waals surface area contributed by atoms with E-state index >= 15 is 0 Å². The number of halogens is 2. The number of rotatable bonds is 9. The molecule has 0 bridgehead atoms. The highest BCUT2D eigenvalue weighted by Gasteiger charge is 2.20. The van der Waals surface area contributed by atoms with Crippen LogP contribution in [0.4, 0.5) is 9.52 Å². The molecule has 1 aromatic heterocycles. The van der Waals surface area contributed by atoms with Gasteiger partial charge in [0.1, 0.15) is 5.82 Å². The number of carbonyl (C=O) groups excluding carboxylic acids is 1. The minimum Gasteiger partial charge on any atom is -0.296 e. The van der Waals surface area contributed by atoms with Gasteiger partial charge < -0.3 is 0 Å². The first kappa shape index (κ1) is 22.6. The Morgan fingerprint density at radius 1 is 1.13 bits per heavy atom. The van der Waals surface area contributed by atoms with Gasteiger partial charge in [0.15, 0.2) is 0 Å². The molecule has 2 aromatic carbocycles. The van der Waals surface area contributed by atoms with Crippen LogP contribution in [0.15, 0.2) is 52.9 Å². The number of aromatic nitrogens is 2. The monoisotopic (exact) mass is 486 g/mol. The maximum Gasteiger partial charge on any atom is 0.269 e. The number of nitrogens with one attached hydrogen (secondary N) is 2. The molecule has 0 aliphatic rings. The lowest BCUT2D eigenvalue weighted by Gasteiger charge is -2.05. The average molecular weight is 487 g/mol. The lowest BCUT2D eigenvalue weighted by molar-refractivity contribution is 0.102. The van der Waals surface area contributed by atoms with Crippen LogP contribution < -0.4 is 10.0 Å². The van der Waals surface area contributed by atoms with Crippen molar-refractivity contribution in [3.8, 4) is 0 Å². The van der Waals surface area contributed by atoms with Crippen LogP contribution in [0, 0.1) is 5.82 Å². The van der Waals surface area contributed by atoms with Crippen molar-refractivity contribution in [2.75, 3.05) is 17.6 Å². The molecule has 0 atom stereocenters. The van der Waals surface area contributed by atoms with Crippen molar-refractivity contribution in [2.45, 2.75) is 10.1 Å². The molecule has 1 amide bonds. The molecule has 0 spiro atoms. The summed E-state index contributed by atoms with van der Waals surface area (Å²) in [5, 5.41) is 10.4. The number of hydrogen-bond acceptors (Lipinski definition) is 7. The summed E-state index contributed by atoms with van der Waals surface area (Å²) in [6.45, 7) is 0.146. The van der Waals surface area contributed by atoms with Crippen molar-refractivity contribution in [3.05, 3.63) is 70.5 Å². The van der Waals surface area contributed by atoms with Gasteiger partial charge in [-0.15, -0.1) is 10.2 Å². The third-order valence-corrected chi connectivity index (χ3v) is 7.64. The second kappa shape index (κ2) is 10.3. The second-order valence-electron chi connectivity index (χ2n) is 5.88. The molecule has 1 heterocycles. The number of thioether (sulfide) groups is 1. The standard InChI is InChI=1S/C18H16ClFN4O3S3/c19-14-7-5-12(6-8-14)16(25)22-17-23-24-18(29-17)30(26,27)21-9-10-28-11-13-3-1-2-4-15(13)20/h1-8,21H,9-11H2,(H,22,23,25). The molecule has 2 N–H and O–H groups in total. The van der Waals surface area contributed by atoms with E-state index in [4.69, 9.17) is 11.6 Å². The van der Waals surface area contributed by atoms with Crippen LogP contribution >= 0.6 is 34.7 Å². The predicted molar refractivity (Wildman–Crippen MR) is 117 cm³/mol. The van der Waals surface area contributed by atoms with E-state index in [2.05, 4.69) is 20.2 Å². The number of amides is 1. The van der Waals surface area contributed by atoms with E-state index < -0.39 is 15.9 Å². The molecule has 0 aliphatic heterocycles. The lowest BCUT2D eigenvalue weighted by atomic mass is 10.2. The van der Waals surface area contributed by atoms with Gasteiger partial charge in [-0.3, -0.25) is 10.1 Å². The van der Waals surface area contributed by atoms with Crippen molar-refractivity contribution < 1.29 is 17.6 Å². The summed E-state index contributed by atoms with van der Waals surface area (Å²) in [5.74, 6) is 0.151. The smallest absolute Gasteiger partial charge is 0.269 e. The first-order valence-corrected chi connectivity index (χ1v) is 12.4. The topological polar surface area (TPSA) is 101 Å². The van der Waals surface area contributed by atoms with Crippen LogP contribution in [0.3, 0.4) is 0 Å². The van der Waals surface area contributed by atoms with E-state index in [1.54, 1.807) is 30.3 Å². The fourth-order valence-corrected chi connectivity index (χ4v) is 5.31. The summed E-state index contributed by atoms with van der Waals surface area (Å²) >= 11 is 7.93. The Morgan fingerprint density at radius 3 is 2.60 bits per heavy atom. The van der Waals surface area contributed by atoms with Gasteiger partial charge in [-0.2, -0.15) is 11.8 Å². The molecule has 3 aromatic rings. The molecule has 30 heavy (non-hydrogen) atoms. The molecule has 7 nitrogen and oxygen atoms in total. The Morgan fingerprint density at radius 2 is 1.87 bits per heavy atom. The van der Waals surface area contributed by atoms with E-state index in [0.29, 0.717) is 27.7 Å². The molecule has 0 unspecified atom stereocenters. The molecule has 0 fully saturated rings. The number of anilines is 1. The first-order chi connectivity index (χ1) is 14.3. The van der Waals surface area contributed by atoms with Crippen molar-refractivity contribution in [1.82, 2.24) is 14.9 Å². The number of benzene rings is 2. The highest BCUT2D eigenvalue weighted by atomic mass is 35.5. The number of carbonyl (C=O) groups is 1. The summed E-state index contributed by atoms with van der Waals surface area (Å²) in [4.78, 5) is 12.2. The molecular formula is C18H16ClFN4O3S3. The van der Waals surface area contributed by atoms with Crippen LogP contribution in [0.2, 0.25) is 5.02 Å². The zero-order valence-electron chi connectivity index (χ0n) is 15.3. The zero-order valence-corrected chi connectivity index (χ0v) is 18.5. The molecule has 12 heteroatoms. The molecule has 158 valence electrons. The number of nitrogens with zero attached hydrogens (tertiary/aromatic N) is 2. The summed E-state index contributed by atoms with van der Waals surface area (Å²) in [7, 11) is -3.86. The Bertz CT molecular complexity index is 1120. The Balaban J connectivity index is 1.49. The van der Waals surface area contributed by atoms with Gasteiger partial charge in [0.25, 0.3) is 15.9 Å². The molecule has 0 aliphatic carbocycles. The quantitative estimate of drug-likeness (QED) is 0.352. The second-order valence-corrected chi connectivity index (χ2v) is 10.3. The van der Waals surface area contributed by atoms with E-state index in [0.717, 1.165) is 11.3 Å². The van der Waals surface area contributed by atoms with Gasteiger partial charge in [0.05, 0.1) is 0 Å². The van der Waals surface area contributed by atoms with E-state index in [9.17, 15) is 17.6 Å². The average Bonchev–Trinajstić information content (AvgIpc) is 3.19. The van der Waals surface area contributed by atoms with Gasteiger partial charge in [-0.1, -0.05) is 41.1 Å². The maximum atomic E-state index is 13.6. The minimum atomic E-state index is -3.86. The first-order valence-electron chi connectivity index (χ1n) is 8.56. The maximum absolute atomic E-state index is 13.6. The lowest BCUT2D eigenvalue weighted by Crippen LogP contribution is -2.26. The highest BCUT2D eigenvalue weighted by Crippen LogP contribution is 2.21. The molecular weight excluding hydrogens is 471 g/mol. The van der Waals surface area contributed by atoms with Crippen molar-refractivity contribution in [3.63, 3.8) is 0 Å². The van der Waals surface area contributed by atoms with Gasteiger partial charge >= 0.3 is 0 Å². The Kier molecular flexibility index (Phi) is 7.78. The van der Waals surface area contributed by atoms with E-state index in [1.165, 1.54) is 30.0 Å². The van der Waals surface area contributed by atoms with Crippen molar-refractivity contribution in [2.24, 2.45) is 0 Å². The highest BCUT2D eigenvalue weighted by molar-refractivity contribution is 7.98. The molecule has 3 rings (SSSR count). The Hall–Kier alpha value is -2.05. The molecule has 0 saturated carbocycles. The van der Waals surface area contributed by atoms with Gasteiger partial charge in [-0.25, -0.2) is 17.5 Å². The predicted octanol–water partition coefficient (Wildman–Crippen LogP) is 3.79. The summed E-state index contributed by atoms with van der Waals surface area (Å²) in [5.41, 5.74) is 0.916. The summed E-state index contributed by atoms with van der Waals surface area (Å²) < 4.78 is 40.4. The number of hydrogen-bond donors (Lipinski definition) is 2. The van der Waals surface area contributed by atoms with Gasteiger partial charge in [0.2, 0.25) is 9.47 Å². The van der Waals surface area contributed by atoms with Crippen LogP contribution in [0.25, 0.3) is 0 Å². The molecule has 0 saturated heterocycles. The van der Waals surface area contributed by atoms with Crippen LogP contribution in [-0.2, 0) is 15.8 Å². The van der Waals surface area contributed by atoms with Crippen molar-refractivity contribution >= 4 is 55.8 Å². The largest absolute Gasteiger partial charge is 0.296 e. The van der Waals surface area contributed by atoms with Crippen LogP contribution in [0.5, 0.6) is 0 Å². The third-order valence-electron chi connectivity index (χ3n) is 3.72. The molecule has 0 radical (unpaired) electrons. The normalized spacial score (nSPS) is 11.4. The van der Waals surface area contributed by atoms with Crippen molar-refractivity contribution in [1.29, 1.82) is 0 Å². The Labute approximate surface area is 186 Å². The fourth-order valence-electron chi connectivity index (χ4n) is 2.25. The van der Waals surface area contributed by atoms with Gasteiger partial charge in [0, 0.05) is 28.6 Å². The zero-order chi connectivity index (χ0) is 21.6. The van der Waals surface area contributed by atoms with Gasteiger partial charge in [-0.05, 0) is 35.9 Å². The summed E-state index contributed by atoms with van der Waals surface area (Å²) in [6, 6.07) is 12.7. The third kappa shape index (κ3) is 6.22. The fraction of sp³-hybridized carbons (Fsp3) is 0.167. The van der Waals surface area contributed by atoms with E-state index in [-0.39, 0.29) is 21.8 Å². The minimum absolute atomic E-state index is 0.0595. The van der Waals surface area contributed by atoms with Crippen LogP contribution in [-0.4, -0.2) is 36.8 Å². The summed E-state index contributed by atoms with van der Waals surface area (Å²) in [6.07, 6.45) is 0. The number of sulfonamides is 1. The van der Waals surface area contributed by atoms with Crippen LogP contribution in [0.1, 0.15) is 15.9 Å².